The zero-order chi connectivity index (χ0) is 31.5. The van der Waals surface area contributed by atoms with Crippen molar-refractivity contribution in [1.29, 1.82) is 0 Å². The van der Waals surface area contributed by atoms with Crippen LogP contribution in [-0.4, -0.2) is 87.6 Å². The fourth-order valence-electron chi connectivity index (χ4n) is 5.05. The van der Waals surface area contributed by atoms with E-state index < -0.39 is 63.2 Å². The Bertz CT molecular complexity index is 1480. The van der Waals surface area contributed by atoms with Crippen LogP contribution in [0.2, 0.25) is 5.02 Å². The third kappa shape index (κ3) is 8.13. The summed E-state index contributed by atoms with van der Waals surface area (Å²) in [7, 11) is -3.67. The molecule has 3 N–H and O–H groups in total. The number of benzene rings is 2. The van der Waals surface area contributed by atoms with Crippen LogP contribution in [-0.2, 0) is 21.2 Å². The fourth-order valence-corrected chi connectivity index (χ4v) is 6.71. The molecule has 236 valence electrons. The van der Waals surface area contributed by atoms with E-state index in [0.717, 1.165) is 12.1 Å². The molecule has 43 heavy (non-hydrogen) atoms. The Morgan fingerprint density at radius 1 is 1.12 bits per heavy atom. The molecule has 0 radical (unpaired) electrons. The number of hydrogen-bond acceptors (Lipinski definition) is 7. The molecule has 0 aliphatic carbocycles. The zero-order valence-electron chi connectivity index (χ0n) is 23.1. The Morgan fingerprint density at radius 3 is 2.53 bits per heavy atom. The molecule has 4 rings (SSSR count). The second-order valence-electron chi connectivity index (χ2n) is 10.5. The summed E-state index contributed by atoms with van der Waals surface area (Å²) in [4.78, 5) is 29.0. The first kappa shape index (κ1) is 32.9. The second-order valence-corrected chi connectivity index (χ2v) is 13.2. The molecule has 2 aromatic rings. The van der Waals surface area contributed by atoms with Crippen molar-refractivity contribution in [1.82, 2.24) is 15.5 Å². The SMILES string of the molecule is C[C@H]1CN(c2cc(Cl)ccc2NC(=O)c2ccc(CNC(=O)[C@H]3CNCCS3(=O)=O)c(F)c2F)CCN1CCC(F)(F)F. The number of halogens is 6. The number of hydrogen-bond donors (Lipinski definition) is 3. The maximum absolute atomic E-state index is 15.0. The van der Waals surface area contributed by atoms with E-state index in [-0.39, 0.29) is 42.7 Å². The van der Waals surface area contributed by atoms with Gasteiger partial charge in [-0.2, -0.15) is 13.2 Å². The maximum Gasteiger partial charge on any atom is 0.390 e. The molecule has 2 amide bonds. The van der Waals surface area contributed by atoms with Crippen LogP contribution in [0.15, 0.2) is 30.3 Å². The third-order valence-corrected chi connectivity index (χ3v) is 9.73. The van der Waals surface area contributed by atoms with Gasteiger partial charge in [0, 0.05) is 62.4 Å². The number of carbonyl (C=O) groups is 2. The number of alkyl halides is 3. The highest BCUT2D eigenvalue weighted by atomic mass is 35.5. The summed E-state index contributed by atoms with van der Waals surface area (Å²) in [6.45, 7) is 2.28. The molecule has 0 saturated carbocycles. The normalized spacial score (nSPS) is 21.0. The van der Waals surface area contributed by atoms with E-state index in [2.05, 4.69) is 16.0 Å². The molecular weight excluding hydrogens is 621 g/mol. The van der Waals surface area contributed by atoms with Crippen LogP contribution >= 0.6 is 11.6 Å². The summed E-state index contributed by atoms with van der Waals surface area (Å²) in [5.74, 6) is -4.87. The lowest BCUT2D eigenvalue weighted by molar-refractivity contribution is -0.139. The first-order valence-corrected chi connectivity index (χ1v) is 15.6. The predicted octanol–water partition coefficient (Wildman–Crippen LogP) is 3.34. The lowest BCUT2D eigenvalue weighted by atomic mass is 10.1. The van der Waals surface area contributed by atoms with Crippen molar-refractivity contribution in [2.24, 2.45) is 0 Å². The molecule has 0 aromatic heterocycles. The van der Waals surface area contributed by atoms with E-state index in [1.54, 1.807) is 17.9 Å². The summed E-state index contributed by atoms with van der Waals surface area (Å²) in [5.41, 5.74) is -0.190. The van der Waals surface area contributed by atoms with Gasteiger partial charge in [0.25, 0.3) is 5.91 Å². The molecule has 2 aliphatic rings. The van der Waals surface area contributed by atoms with Gasteiger partial charge in [0.15, 0.2) is 26.7 Å². The first-order chi connectivity index (χ1) is 20.2. The van der Waals surface area contributed by atoms with Gasteiger partial charge < -0.3 is 20.9 Å². The molecule has 9 nitrogen and oxygen atoms in total. The molecular formula is C27H31ClF5N5O4S. The molecule has 2 aliphatic heterocycles. The van der Waals surface area contributed by atoms with Gasteiger partial charge >= 0.3 is 6.18 Å². The lowest BCUT2D eigenvalue weighted by Gasteiger charge is -2.41. The number of nitrogens with one attached hydrogen (secondary N) is 3. The number of amides is 2. The summed E-state index contributed by atoms with van der Waals surface area (Å²) >= 11 is 6.18. The highest BCUT2D eigenvalue weighted by Crippen LogP contribution is 2.32. The lowest BCUT2D eigenvalue weighted by Crippen LogP contribution is -2.52. The minimum absolute atomic E-state index is 0.0938. The smallest absolute Gasteiger partial charge is 0.367 e. The van der Waals surface area contributed by atoms with Crippen molar-refractivity contribution >= 4 is 44.6 Å². The van der Waals surface area contributed by atoms with Crippen LogP contribution < -0.4 is 20.9 Å². The molecule has 2 aromatic carbocycles. The van der Waals surface area contributed by atoms with Crippen LogP contribution in [0.5, 0.6) is 0 Å². The van der Waals surface area contributed by atoms with Gasteiger partial charge in [-0.05, 0) is 31.2 Å². The first-order valence-electron chi connectivity index (χ1n) is 13.5. The number of sulfone groups is 1. The van der Waals surface area contributed by atoms with Crippen molar-refractivity contribution in [3.8, 4) is 0 Å². The van der Waals surface area contributed by atoms with E-state index in [0.29, 0.717) is 30.3 Å². The number of nitrogens with zero attached hydrogens (tertiary/aromatic N) is 2. The van der Waals surface area contributed by atoms with Crippen LogP contribution in [0.3, 0.4) is 0 Å². The molecule has 2 saturated heterocycles. The minimum Gasteiger partial charge on any atom is -0.367 e. The second kappa shape index (κ2) is 13.3. The maximum atomic E-state index is 15.0. The van der Waals surface area contributed by atoms with E-state index in [1.165, 1.54) is 12.1 Å². The predicted molar refractivity (Wildman–Crippen MR) is 152 cm³/mol. The van der Waals surface area contributed by atoms with Gasteiger partial charge in [-0.1, -0.05) is 17.7 Å². The summed E-state index contributed by atoms with van der Waals surface area (Å²) < 4.78 is 92.3. The van der Waals surface area contributed by atoms with Gasteiger partial charge in [0.1, 0.15) is 0 Å². The number of piperazine rings is 1. The number of rotatable bonds is 8. The standard InChI is InChI=1S/C27H31ClF5N5O4S/c1-16-15-38(10-9-37(16)8-6-27(31,32)33)21-12-18(28)3-5-20(21)36-25(39)19-4-2-17(23(29)24(19)30)13-35-26(40)22-14-34-7-11-43(22,41)42/h2-5,12,16,22,34H,6-11,13-15H2,1H3,(H,35,40)(H,36,39)/t16-,22+/m0/s1. The highest BCUT2D eigenvalue weighted by Gasteiger charge is 2.35. The molecule has 2 fully saturated rings. The zero-order valence-corrected chi connectivity index (χ0v) is 24.7. The van der Waals surface area contributed by atoms with Crippen molar-refractivity contribution < 1.29 is 40.0 Å². The van der Waals surface area contributed by atoms with Crippen LogP contribution in [0, 0.1) is 11.6 Å². The summed E-state index contributed by atoms with van der Waals surface area (Å²) in [6, 6.07) is 6.47. The summed E-state index contributed by atoms with van der Waals surface area (Å²) in [6.07, 6.45) is -5.19. The average Bonchev–Trinajstić information content (AvgIpc) is 2.93. The topological polar surface area (TPSA) is 111 Å². The van der Waals surface area contributed by atoms with E-state index in [1.807, 2.05) is 4.90 Å². The Kier molecular flexibility index (Phi) is 10.2. The number of carbonyl (C=O) groups excluding carboxylic acids is 2. The van der Waals surface area contributed by atoms with Gasteiger partial charge in [-0.15, -0.1) is 0 Å². The molecule has 0 unspecified atom stereocenters. The van der Waals surface area contributed by atoms with E-state index in [4.69, 9.17) is 11.6 Å². The van der Waals surface area contributed by atoms with Gasteiger partial charge in [0.2, 0.25) is 5.91 Å². The summed E-state index contributed by atoms with van der Waals surface area (Å²) in [5, 5.41) is 6.66. The quantitative estimate of drug-likeness (QED) is 0.376. The Morgan fingerprint density at radius 2 is 1.86 bits per heavy atom. The Labute approximate surface area is 250 Å². The fraction of sp³-hybridized carbons (Fsp3) is 0.481. The molecule has 2 heterocycles. The Hall–Kier alpha value is -3.01. The van der Waals surface area contributed by atoms with Crippen molar-refractivity contribution in [2.75, 3.05) is 55.2 Å². The van der Waals surface area contributed by atoms with Crippen molar-refractivity contribution in [2.45, 2.75) is 37.4 Å². The van der Waals surface area contributed by atoms with Crippen LogP contribution in [0.4, 0.5) is 33.3 Å². The van der Waals surface area contributed by atoms with Gasteiger partial charge in [-0.25, -0.2) is 17.2 Å². The van der Waals surface area contributed by atoms with E-state index >= 15 is 4.39 Å². The molecule has 0 bridgehead atoms. The minimum atomic E-state index is -4.27. The average molecular weight is 652 g/mol. The highest BCUT2D eigenvalue weighted by molar-refractivity contribution is 7.92. The number of anilines is 2. The van der Waals surface area contributed by atoms with Gasteiger partial charge in [0.05, 0.1) is 29.1 Å². The third-order valence-electron chi connectivity index (χ3n) is 7.48. The molecule has 16 heteroatoms. The van der Waals surface area contributed by atoms with Crippen LogP contribution in [0.1, 0.15) is 29.3 Å². The van der Waals surface area contributed by atoms with E-state index in [9.17, 15) is 35.6 Å². The molecule has 2 atom stereocenters. The molecule has 0 spiro atoms. The largest absolute Gasteiger partial charge is 0.390 e. The van der Waals surface area contributed by atoms with Crippen molar-refractivity contribution in [3.63, 3.8) is 0 Å². The van der Waals surface area contributed by atoms with Crippen LogP contribution in [0.25, 0.3) is 0 Å². The van der Waals surface area contributed by atoms with Gasteiger partial charge in [-0.3, -0.25) is 14.5 Å². The Balaban J connectivity index is 1.44. The monoisotopic (exact) mass is 651 g/mol. The van der Waals surface area contributed by atoms with Crippen molar-refractivity contribution in [3.05, 3.63) is 58.1 Å².